The molecular weight excluding hydrogens is 400 g/mol. The van der Waals surface area contributed by atoms with E-state index in [2.05, 4.69) is 4.98 Å². The van der Waals surface area contributed by atoms with Crippen LogP contribution in [0.2, 0.25) is 0 Å². The Bertz CT molecular complexity index is 1180. The molecule has 0 atom stereocenters. The van der Waals surface area contributed by atoms with Crippen molar-refractivity contribution in [1.29, 1.82) is 0 Å². The first-order valence-electron chi connectivity index (χ1n) is 9.64. The average Bonchev–Trinajstić information content (AvgIpc) is 2.75. The molecular formula is C23H22N2O4S. The number of fused-ring (bicyclic) bond motifs is 1. The Morgan fingerprint density at radius 2 is 1.93 bits per heavy atom. The molecule has 154 valence electrons. The summed E-state index contributed by atoms with van der Waals surface area (Å²) in [5.74, 6) is 0.496. The lowest BCUT2D eigenvalue weighted by atomic mass is 9.98. The van der Waals surface area contributed by atoms with Gasteiger partial charge in [0, 0.05) is 42.9 Å². The fourth-order valence-corrected chi connectivity index (χ4v) is 4.53. The van der Waals surface area contributed by atoms with Crippen LogP contribution in [0.5, 0.6) is 5.75 Å². The van der Waals surface area contributed by atoms with Crippen LogP contribution in [-0.2, 0) is 29.4 Å². The van der Waals surface area contributed by atoms with Gasteiger partial charge in [0.2, 0.25) is 0 Å². The van der Waals surface area contributed by atoms with Gasteiger partial charge >= 0.3 is 0 Å². The Kier molecular flexibility index (Phi) is 5.55. The van der Waals surface area contributed by atoms with Crippen molar-refractivity contribution in [3.63, 3.8) is 0 Å². The Labute approximate surface area is 176 Å². The fraction of sp³-hybridized carbons (Fsp3) is 0.217. The summed E-state index contributed by atoms with van der Waals surface area (Å²) >= 11 is 0. The number of carbonyl (C=O) groups is 1. The minimum atomic E-state index is -3.34. The zero-order valence-corrected chi connectivity index (χ0v) is 17.4. The molecule has 1 aliphatic rings. The highest BCUT2D eigenvalue weighted by atomic mass is 32.2. The van der Waals surface area contributed by atoms with E-state index < -0.39 is 9.84 Å². The summed E-state index contributed by atoms with van der Waals surface area (Å²) in [6.45, 7) is 1.28. The van der Waals surface area contributed by atoms with Crippen molar-refractivity contribution >= 4 is 15.7 Å². The second-order valence-electron chi connectivity index (χ2n) is 7.33. The van der Waals surface area contributed by atoms with Crippen LogP contribution in [-0.4, -0.2) is 37.0 Å². The first-order chi connectivity index (χ1) is 14.4. The van der Waals surface area contributed by atoms with E-state index in [0.29, 0.717) is 30.0 Å². The zero-order chi connectivity index (χ0) is 21.1. The van der Waals surface area contributed by atoms with Crippen LogP contribution in [0.3, 0.4) is 0 Å². The first kappa shape index (κ1) is 20.1. The van der Waals surface area contributed by atoms with Gasteiger partial charge in [-0.3, -0.25) is 9.78 Å². The van der Waals surface area contributed by atoms with Gasteiger partial charge in [0.15, 0.2) is 9.84 Å². The molecule has 0 aliphatic carbocycles. The summed E-state index contributed by atoms with van der Waals surface area (Å²) in [6.07, 6.45) is 5.43. The van der Waals surface area contributed by atoms with E-state index in [1.54, 1.807) is 42.7 Å². The predicted octanol–water partition coefficient (Wildman–Crippen LogP) is 3.26. The smallest absolute Gasteiger partial charge is 0.254 e. The summed E-state index contributed by atoms with van der Waals surface area (Å²) in [4.78, 5) is 19.2. The predicted molar refractivity (Wildman–Crippen MR) is 113 cm³/mol. The molecule has 1 aromatic heterocycles. The number of carbonyl (C=O) groups excluding carboxylic acids is 1. The molecule has 0 spiro atoms. The summed E-state index contributed by atoms with van der Waals surface area (Å²) in [5.41, 5.74) is 3.19. The van der Waals surface area contributed by atoms with E-state index in [-0.39, 0.29) is 17.4 Å². The lowest BCUT2D eigenvalue weighted by molar-refractivity contribution is 0.0726. The van der Waals surface area contributed by atoms with Crippen LogP contribution in [0.4, 0.5) is 0 Å². The van der Waals surface area contributed by atoms with Crippen molar-refractivity contribution < 1.29 is 17.9 Å². The molecule has 2 heterocycles. The van der Waals surface area contributed by atoms with Crippen molar-refractivity contribution in [1.82, 2.24) is 9.88 Å². The Morgan fingerprint density at radius 1 is 1.10 bits per heavy atom. The molecule has 0 saturated heterocycles. The average molecular weight is 423 g/mol. The highest BCUT2D eigenvalue weighted by Gasteiger charge is 2.25. The van der Waals surface area contributed by atoms with E-state index in [1.807, 2.05) is 29.2 Å². The third-order valence-electron chi connectivity index (χ3n) is 5.11. The van der Waals surface area contributed by atoms with Gasteiger partial charge in [-0.25, -0.2) is 8.42 Å². The Balaban J connectivity index is 1.52. The van der Waals surface area contributed by atoms with E-state index in [1.165, 1.54) is 6.26 Å². The maximum absolute atomic E-state index is 13.0. The highest BCUT2D eigenvalue weighted by molar-refractivity contribution is 7.90. The minimum absolute atomic E-state index is 0.0397. The number of ether oxygens (including phenoxy) is 1. The summed E-state index contributed by atoms with van der Waals surface area (Å²) in [5, 5.41) is 0. The molecule has 0 N–H and O–H groups in total. The maximum Gasteiger partial charge on any atom is 0.254 e. The molecule has 1 amide bonds. The van der Waals surface area contributed by atoms with Crippen molar-refractivity contribution in [2.45, 2.75) is 24.5 Å². The molecule has 1 aliphatic heterocycles. The Hall–Kier alpha value is -3.19. The largest absolute Gasteiger partial charge is 0.489 e. The number of pyridine rings is 1. The molecule has 2 aromatic carbocycles. The quantitative estimate of drug-likeness (QED) is 0.609. The lowest BCUT2D eigenvalue weighted by Crippen LogP contribution is -2.37. The molecule has 0 unspecified atom stereocenters. The van der Waals surface area contributed by atoms with Crippen LogP contribution in [0, 0.1) is 0 Å². The van der Waals surface area contributed by atoms with E-state index >= 15 is 0 Å². The van der Waals surface area contributed by atoms with Crippen LogP contribution < -0.4 is 4.74 Å². The SMILES string of the molecule is CS(=O)(=O)c1ccccc1COc1ccc2c(c1)C(=O)N(Cc1cccnc1)CC2. The van der Waals surface area contributed by atoms with Crippen molar-refractivity contribution in [2.75, 3.05) is 12.8 Å². The van der Waals surface area contributed by atoms with Gasteiger partial charge in [-0.1, -0.05) is 30.3 Å². The standard InChI is InChI=1S/C23H22N2O4S/c1-30(27,28)22-7-3-2-6-19(22)16-29-20-9-8-18-10-12-25(23(26)21(18)13-20)15-17-5-4-11-24-14-17/h2-9,11,13-14H,10,12,15-16H2,1H3. The van der Waals surface area contributed by atoms with Gasteiger partial charge in [0.25, 0.3) is 5.91 Å². The summed E-state index contributed by atoms with van der Waals surface area (Å²) in [7, 11) is -3.34. The number of aromatic nitrogens is 1. The van der Waals surface area contributed by atoms with Gasteiger partial charge in [0.1, 0.15) is 12.4 Å². The minimum Gasteiger partial charge on any atom is -0.489 e. The van der Waals surface area contributed by atoms with Crippen LogP contribution in [0.25, 0.3) is 0 Å². The molecule has 0 saturated carbocycles. The molecule has 0 radical (unpaired) electrons. The van der Waals surface area contributed by atoms with Gasteiger partial charge in [-0.15, -0.1) is 0 Å². The number of benzene rings is 2. The van der Waals surface area contributed by atoms with Gasteiger partial charge in [-0.2, -0.15) is 0 Å². The van der Waals surface area contributed by atoms with Crippen molar-refractivity contribution in [3.8, 4) is 5.75 Å². The topological polar surface area (TPSA) is 76.6 Å². The fourth-order valence-electron chi connectivity index (χ4n) is 3.60. The maximum atomic E-state index is 13.0. The van der Waals surface area contributed by atoms with Gasteiger partial charge in [0.05, 0.1) is 4.90 Å². The molecule has 7 heteroatoms. The molecule has 0 bridgehead atoms. The third kappa shape index (κ3) is 4.36. The number of sulfone groups is 1. The number of nitrogens with zero attached hydrogens (tertiary/aromatic N) is 2. The normalized spacial score (nSPS) is 13.8. The second-order valence-corrected chi connectivity index (χ2v) is 9.31. The van der Waals surface area contributed by atoms with E-state index in [4.69, 9.17) is 4.74 Å². The molecule has 0 fully saturated rings. The molecule has 3 aromatic rings. The van der Waals surface area contributed by atoms with Gasteiger partial charge < -0.3 is 9.64 Å². The zero-order valence-electron chi connectivity index (χ0n) is 16.6. The number of hydrogen-bond donors (Lipinski definition) is 0. The second kappa shape index (κ2) is 8.28. The summed E-state index contributed by atoms with van der Waals surface area (Å²) < 4.78 is 29.8. The van der Waals surface area contributed by atoms with E-state index in [0.717, 1.165) is 17.5 Å². The monoisotopic (exact) mass is 422 g/mol. The van der Waals surface area contributed by atoms with Crippen LogP contribution >= 0.6 is 0 Å². The van der Waals surface area contributed by atoms with Crippen molar-refractivity contribution in [3.05, 3.63) is 89.2 Å². The highest BCUT2D eigenvalue weighted by Crippen LogP contribution is 2.26. The molecule has 30 heavy (non-hydrogen) atoms. The third-order valence-corrected chi connectivity index (χ3v) is 6.31. The van der Waals surface area contributed by atoms with Gasteiger partial charge in [-0.05, 0) is 41.8 Å². The number of rotatable bonds is 6. The summed E-state index contributed by atoms with van der Waals surface area (Å²) in [6, 6.07) is 16.1. The molecule has 6 nitrogen and oxygen atoms in total. The van der Waals surface area contributed by atoms with E-state index in [9.17, 15) is 13.2 Å². The van der Waals surface area contributed by atoms with Crippen LogP contribution in [0.15, 0.2) is 71.9 Å². The van der Waals surface area contributed by atoms with Crippen molar-refractivity contribution in [2.24, 2.45) is 0 Å². The molecule has 4 rings (SSSR count). The number of amides is 1. The first-order valence-corrected chi connectivity index (χ1v) is 11.5. The lowest BCUT2D eigenvalue weighted by Gasteiger charge is -2.29. The number of hydrogen-bond acceptors (Lipinski definition) is 5. The Morgan fingerprint density at radius 3 is 2.70 bits per heavy atom. The van der Waals surface area contributed by atoms with Crippen LogP contribution in [0.1, 0.15) is 27.0 Å².